The predicted molar refractivity (Wildman–Crippen MR) is 77.3 cm³/mol. The Hall–Kier alpha value is -0.860. The van der Waals surface area contributed by atoms with Gasteiger partial charge >= 0.3 is 0 Å². The van der Waals surface area contributed by atoms with Crippen LogP contribution < -0.4 is 11.3 Å². The molecule has 1 aliphatic rings. The van der Waals surface area contributed by atoms with Crippen LogP contribution in [0.4, 0.5) is 0 Å². The fourth-order valence-electron chi connectivity index (χ4n) is 3.59. The summed E-state index contributed by atoms with van der Waals surface area (Å²) in [6.45, 7) is 6.56. The van der Waals surface area contributed by atoms with Gasteiger partial charge in [0.2, 0.25) is 0 Å². The van der Waals surface area contributed by atoms with Crippen molar-refractivity contribution in [3.8, 4) is 0 Å². The van der Waals surface area contributed by atoms with Gasteiger partial charge in [-0.3, -0.25) is 11.3 Å². The van der Waals surface area contributed by atoms with Crippen molar-refractivity contribution in [3.63, 3.8) is 0 Å². The van der Waals surface area contributed by atoms with Gasteiger partial charge in [0.1, 0.15) is 0 Å². The average molecular weight is 246 g/mol. The van der Waals surface area contributed by atoms with Gasteiger partial charge in [0.25, 0.3) is 0 Å². The molecular weight excluding hydrogens is 220 g/mol. The Morgan fingerprint density at radius 1 is 1.17 bits per heavy atom. The van der Waals surface area contributed by atoms with E-state index in [1.54, 1.807) is 0 Å². The van der Waals surface area contributed by atoms with Gasteiger partial charge in [-0.1, -0.05) is 43.4 Å². The fraction of sp³-hybridized carbons (Fsp3) is 0.625. The minimum Gasteiger partial charge on any atom is -0.271 e. The van der Waals surface area contributed by atoms with Crippen molar-refractivity contribution in [2.75, 3.05) is 0 Å². The summed E-state index contributed by atoms with van der Waals surface area (Å²) in [6, 6.07) is 4.84. The highest BCUT2D eigenvalue weighted by Gasteiger charge is 2.22. The Balaban J connectivity index is 2.21. The first-order chi connectivity index (χ1) is 8.61. The van der Waals surface area contributed by atoms with E-state index in [1.165, 1.54) is 54.4 Å². The van der Waals surface area contributed by atoms with Crippen LogP contribution in [0.25, 0.3) is 0 Å². The van der Waals surface area contributed by atoms with Crippen molar-refractivity contribution in [1.29, 1.82) is 0 Å². The van der Waals surface area contributed by atoms with Gasteiger partial charge in [0, 0.05) is 6.04 Å². The fourth-order valence-corrected chi connectivity index (χ4v) is 3.59. The molecule has 2 rings (SSSR count). The van der Waals surface area contributed by atoms with Crippen molar-refractivity contribution < 1.29 is 0 Å². The highest BCUT2D eigenvalue weighted by atomic mass is 15.2. The largest absolute Gasteiger partial charge is 0.271 e. The maximum atomic E-state index is 5.81. The average Bonchev–Trinajstić information content (AvgIpc) is 2.79. The summed E-state index contributed by atoms with van der Waals surface area (Å²) in [6.07, 6.45) is 6.73. The first kappa shape index (κ1) is 13.6. The highest BCUT2D eigenvalue weighted by Crippen LogP contribution is 2.34. The maximum absolute atomic E-state index is 5.81. The summed E-state index contributed by atoms with van der Waals surface area (Å²) < 4.78 is 0. The lowest BCUT2D eigenvalue weighted by Gasteiger charge is -2.24. The van der Waals surface area contributed by atoms with Crippen LogP contribution in [-0.4, -0.2) is 0 Å². The number of hydrogen-bond acceptors (Lipinski definition) is 2. The molecule has 1 atom stereocenters. The van der Waals surface area contributed by atoms with Gasteiger partial charge in [0.15, 0.2) is 0 Å². The van der Waals surface area contributed by atoms with Crippen molar-refractivity contribution in [2.45, 2.75) is 58.9 Å². The number of aryl methyl sites for hydroxylation is 3. The van der Waals surface area contributed by atoms with Crippen molar-refractivity contribution in [2.24, 2.45) is 11.8 Å². The summed E-state index contributed by atoms with van der Waals surface area (Å²) in [5, 5.41) is 0. The van der Waals surface area contributed by atoms with Gasteiger partial charge in [-0.15, -0.1) is 0 Å². The van der Waals surface area contributed by atoms with Gasteiger partial charge in [0.05, 0.1) is 0 Å². The highest BCUT2D eigenvalue weighted by molar-refractivity contribution is 5.39. The van der Waals surface area contributed by atoms with E-state index in [0.29, 0.717) is 6.04 Å². The summed E-state index contributed by atoms with van der Waals surface area (Å²) >= 11 is 0. The zero-order valence-corrected chi connectivity index (χ0v) is 11.9. The molecule has 0 heterocycles. The third-order valence-electron chi connectivity index (χ3n) is 4.33. The number of nitrogens with one attached hydrogen (secondary N) is 1. The molecule has 0 amide bonds. The zero-order chi connectivity index (χ0) is 13.1. The molecule has 1 aliphatic carbocycles. The number of hydrazine groups is 1. The van der Waals surface area contributed by atoms with Crippen LogP contribution in [0.2, 0.25) is 0 Å². The maximum Gasteiger partial charge on any atom is 0.0467 e. The third-order valence-corrected chi connectivity index (χ3v) is 4.33. The Morgan fingerprint density at radius 3 is 2.22 bits per heavy atom. The normalized spacial score (nSPS) is 18.2. The van der Waals surface area contributed by atoms with E-state index in [-0.39, 0.29) is 0 Å². The van der Waals surface area contributed by atoms with Crippen LogP contribution in [0.1, 0.15) is 60.4 Å². The lowest BCUT2D eigenvalue weighted by molar-refractivity contribution is 0.398. The molecule has 0 saturated heterocycles. The van der Waals surface area contributed by atoms with Crippen molar-refractivity contribution >= 4 is 0 Å². The van der Waals surface area contributed by atoms with Gasteiger partial charge in [-0.05, 0) is 49.8 Å². The molecule has 0 spiro atoms. The van der Waals surface area contributed by atoms with Crippen LogP contribution in [0.5, 0.6) is 0 Å². The summed E-state index contributed by atoms with van der Waals surface area (Å²) in [5.74, 6) is 6.66. The van der Waals surface area contributed by atoms with Crippen LogP contribution in [-0.2, 0) is 0 Å². The lowest BCUT2D eigenvalue weighted by Crippen LogP contribution is -2.30. The van der Waals surface area contributed by atoms with E-state index >= 15 is 0 Å². The van der Waals surface area contributed by atoms with Crippen molar-refractivity contribution in [1.82, 2.24) is 5.43 Å². The second kappa shape index (κ2) is 5.85. The van der Waals surface area contributed by atoms with Crippen molar-refractivity contribution in [3.05, 3.63) is 34.4 Å². The number of rotatable bonds is 4. The minimum absolute atomic E-state index is 0.314. The smallest absolute Gasteiger partial charge is 0.0467 e. The molecule has 1 aromatic carbocycles. The lowest BCUT2D eigenvalue weighted by atomic mass is 9.88. The monoisotopic (exact) mass is 246 g/mol. The number of nitrogens with two attached hydrogens (primary N) is 1. The second-order valence-corrected chi connectivity index (χ2v) is 5.92. The summed E-state index contributed by atoms with van der Waals surface area (Å²) in [7, 11) is 0. The van der Waals surface area contributed by atoms with Crippen LogP contribution in [0.15, 0.2) is 12.1 Å². The van der Waals surface area contributed by atoms with Gasteiger partial charge < -0.3 is 0 Å². The molecule has 1 fully saturated rings. The summed E-state index contributed by atoms with van der Waals surface area (Å²) in [5.41, 5.74) is 8.53. The molecule has 0 aliphatic heterocycles. The second-order valence-electron chi connectivity index (χ2n) is 5.92. The molecule has 100 valence electrons. The SMILES string of the molecule is Cc1cc(C)c(C(CC2CCCC2)NN)c(C)c1. The van der Waals surface area contributed by atoms with Gasteiger partial charge in [-0.2, -0.15) is 0 Å². The minimum atomic E-state index is 0.314. The molecule has 18 heavy (non-hydrogen) atoms. The van der Waals surface area contributed by atoms with E-state index in [9.17, 15) is 0 Å². The van der Waals surface area contributed by atoms with Gasteiger partial charge in [-0.25, -0.2) is 0 Å². The Kier molecular flexibility index (Phi) is 4.41. The number of benzene rings is 1. The Bertz CT molecular complexity index is 383. The molecule has 1 saturated carbocycles. The molecule has 1 aromatic rings. The standard InChI is InChI=1S/C16H26N2/c1-11-8-12(2)16(13(3)9-11)15(18-17)10-14-6-4-5-7-14/h8-9,14-15,18H,4-7,10,17H2,1-3H3. The molecule has 1 unspecified atom stereocenters. The molecule has 0 aromatic heterocycles. The molecular formula is C16H26N2. The molecule has 2 nitrogen and oxygen atoms in total. The quantitative estimate of drug-likeness (QED) is 0.628. The van der Waals surface area contributed by atoms with Crippen LogP contribution in [0, 0.1) is 26.7 Å². The topological polar surface area (TPSA) is 38.0 Å². The van der Waals surface area contributed by atoms with E-state index in [0.717, 1.165) is 5.92 Å². The molecule has 0 radical (unpaired) electrons. The third kappa shape index (κ3) is 2.93. The number of hydrogen-bond donors (Lipinski definition) is 2. The Morgan fingerprint density at radius 2 is 1.72 bits per heavy atom. The van der Waals surface area contributed by atoms with Crippen LogP contribution in [0.3, 0.4) is 0 Å². The molecule has 0 bridgehead atoms. The van der Waals surface area contributed by atoms with E-state index in [1.807, 2.05) is 0 Å². The first-order valence-electron chi connectivity index (χ1n) is 7.15. The first-order valence-corrected chi connectivity index (χ1v) is 7.15. The Labute approximate surface area is 111 Å². The molecule has 2 heteroatoms. The molecule has 3 N–H and O–H groups in total. The van der Waals surface area contributed by atoms with E-state index in [4.69, 9.17) is 5.84 Å². The summed E-state index contributed by atoms with van der Waals surface area (Å²) in [4.78, 5) is 0. The predicted octanol–water partition coefficient (Wildman–Crippen LogP) is 3.70. The van der Waals surface area contributed by atoms with E-state index < -0.39 is 0 Å². The van der Waals surface area contributed by atoms with Crippen LogP contribution >= 0.6 is 0 Å². The van der Waals surface area contributed by atoms with E-state index in [2.05, 4.69) is 38.3 Å². The zero-order valence-electron chi connectivity index (χ0n) is 11.9.